The van der Waals surface area contributed by atoms with Crippen molar-refractivity contribution in [1.29, 1.82) is 0 Å². The molecule has 1 aromatic rings. The molecular formula is C14H20N2O4S. The summed E-state index contributed by atoms with van der Waals surface area (Å²) in [4.78, 5) is 11.6. The van der Waals surface area contributed by atoms with Gasteiger partial charge in [-0.2, -0.15) is 0 Å². The SMILES string of the molecule is O=C(COc1ccccc1)NCCN1CCCCS1(=O)=O. The molecule has 0 aliphatic carbocycles. The van der Waals surface area contributed by atoms with Gasteiger partial charge in [-0.05, 0) is 25.0 Å². The number of carbonyl (C=O) groups is 1. The summed E-state index contributed by atoms with van der Waals surface area (Å²) >= 11 is 0. The fourth-order valence-electron chi connectivity index (χ4n) is 2.13. The van der Waals surface area contributed by atoms with E-state index in [1.807, 2.05) is 18.2 Å². The van der Waals surface area contributed by atoms with Crippen molar-refractivity contribution in [3.8, 4) is 5.75 Å². The summed E-state index contributed by atoms with van der Waals surface area (Å²) in [5.74, 6) is 0.581. The van der Waals surface area contributed by atoms with Gasteiger partial charge < -0.3 is 10.1 Å². The molecule has 1 aliphatic rings. The Bertz CT molecular complexity index is 560. The van der Waals surface area contributed by atoms with Crippen LogP contribution in [0.2, 0.25) is 0 Å². The number of carbonyl (C=O) groups excluding carboxylic acids is 1. The standard InChI is InChI=1S/C14H20N2O4S/c17-14(12-20-13-6-2-1-3-7-13)15-8-10-16-9-4-5-11-21(16,18)19/h1-3,6-7H,4-5,8-12H2,(H,15,17). The molecule has 0 unspecified atom stereocenters. The normalized spacial score (nSPS) is 18.1. The number of para-hydroxylation sites is 1. The van der Waals surface area contributed by atoms with Gasteiger partial charge in [0.1, 0.15) is 5.75 Å². The van der Waals surface area contributed by atoms with Gasteiger partial charge in [0, 0.05) is 19.6 Å². The van der Waals surface area contributed by atoms with Crippen LogP contribution in [-0.2, 0) is 14.8 Å². The second-order valence-corrected chi connectivity index (χ2v) is 6.96. The first kappa shape index (κ1) is 15.8. The average Bonchev–Trinajstić information content (AvgIpc) is 2.48. The summed E-state index contributed by atoms with van der Waals surface area (Å²) in [6.45, 7) is 1.09. The predicted octanol–water partition coefficient (Wildman–Crippen LogP) is 0.607. The van der Waals surface area contributed by atoms with Gasteiger partial charge in [0.15, 0.2) is 6.61 Å². The number of ether oxygens (including phenoxy) is 1. The van der Waals surface area contributed by atoms with Crippen LogP contribution in [0.1, 0.15) is 12.8 Å². The zero-order chi connectivity index (χ0) is 15.1. The lowest BCUT2D eigenvalue weighted by molar-refractivity contribution is -0.123. The van der Waals surface area contributed by atoms with E-state index in [0.717, 1.165) is 12.8 Å². The first-order chi connectivity index (χ1) is 10.1. The van der Waals surface area contributed by atoms with Gasteiger partial charge in [0.25, 0.3) is 5.91 Å². The van der Waals surface area contributed by atoms with E-state index in [-0.39, 0.29) is 18.3 Å². The van der Waals surface area contributed by atoms with Gasteiger partial charge in [-0.3, -0.25) is 4.79 Å². The van der Waals surface area contributed by atoms with Crippen LogP contribution >= 0.6 is 0 Å². The molecule has 116 valence electrons. The van der Waals surface area contributed by atoms with Crippen LogP contribution in [0.15, 0.2) is 30.3 Å². The van der Waals surface area contributed by atoms with Gasteiger partial charge >= 0.3 is 0 Å². The van der Waals surface area contributed by atoms with E-state index in [4.69, 9.17) is 4.74 Å². The van der Waals surface area contributed by atoms with Crippen molar-refractivity contribution in [1.82, 2.24) is 9.62 Å². The number of sulfonamides is 1. The molecule has 0 atom stereocenters. The highest BCUT2D eigenvalue weighted by molar-refractivity contribution is 7.89. The Kier molecular flexibility index (Phi) is 5.58. The lowest BCUT2D eigenvalue weighted by Gasteiger charge is -2.26. The quantitative estimate of drug-likeness (QED) is 0.835. The third-order valence-electron chi connectivity index (χ3n) is 3.25. The predicted molar refractivity (Wildman–Crippen MR) is 79.5 cm³/mol. The average molecular weight is 312 g/mol. The van der Waals surface area contributed by atoms with Crippen LogP contribution < -0.4 is 10.1 Å². The van der Waals surface area contributed by atoms with Crippen molar-refractivity contribution in [3.63, 3.8) is 0 Å². The minimum absolute atomic E-state index is 0.0727. The maximum absolute atomic E-state index is 11.8. The molecule has 6 nitrogen and oxygen atoms in total. The number of benzene rings is 1. The van der Waals surface area contributed by atoms with E-state index in [9.17, 15) is 13.2 Å². The third-order valence-corrected chi connectivity index (χ3v) is 5.21. The fourth-order valence-corrected chi connectivity index (χ4v) is 3.73. The minimum atomic E-state index is -3.13. The van der Waals surface area contributed by atoms with Gasteiger partial charge in [-0.25, -0.2) is 12.7 Å². The number of nitrogens with zero attached hydrogens (tertiary/aromatic N) is 1. The highest BCUT2D eigenvalue weighted by Crippen LogP contribution is 2.12. The van der Waals surface area contributed by atoms with E-state index in [0.29, 0.717) is 25.4 Å². The minimum Gasteiger partial charge on any atom is -0.484 e. The van der Waals surface area contributed by atoms with Crippen molar-refractivity contribution in [2.24, 2.45) is 0 Å². The smallest absolute Gasteiger partial charge is 0.257 e. The molecule has 1 aliphatic heterocycles. The van der Waals surface area contributed by atoms with Crippen molar-refractivity contribution in [2.45, 2.75) is 12.8 Å². The number of hydrogen-bond acceptors (Lipinski definition) is 4. The molecule has 1 aromatic carbocycles. The first-order valence-corrected chi connectivity index (χ1v) is 8.61. The van der Waals surface area contributed by atoms with Crippen LogP contribution in [0.3, 0.4) is 0 Å². The Morgan fingerprint density at radius 3 is 2.71 bits per heavy atom. The Morgan fingerprint density at radius 2 is 2.00 bits per heavy atom. The van der Waals surface area contributed by atoms with Crippen molar-refractivity contribution in [3.05, 3.63) is 30.3 Å². The number of hydrogen-bond donors (Lipinski definition) is 1. The lowest BCUT2D eigenvalue weighted by Crippen LogP contribution is -2.43. The molecule has 0 bridgehead atoms. The summed E-state index contributed by atoms with van der Waals surface area (Å²) in [7, 11) is -3.13. The maximum Gasteiger partial charge on any atom is 0.257 e. The van der Waals surface area contributed by atoms with Crippen molar-refractivity contribution in [2.75, 3.05) is 32.0 Å². The molecular weight excluding hydrogens is 292 g/mol. The lowest BCUT2D eigenvalue weighted by atomic mass is 10.3. The molecule has 7 heteroatoms. The zero-order valence-corrected chi connectivity index (χ0v) is 12.6. The first-order valence-electron chi connectivity index (χ1n) is 7.00. The van der Waals surface area contributed by atoms with Crippen LogP contribution in [0.25, 0.3) is 0 Å². The Morgan fingerprint density at radius 1 is 1.24 bits per heavy atom. The van der Waals surface area contributed by atoms with E-state index in [1.54, 1.807) is 12.1 Å². The summed E-state index contributed by atoms with van der Waals surface area (Å²) in [5, 5.41) is 2.67. The molecule has 1 heterocycles. The third kappa shape index (κ3) is 5.02. The zero-order valence-electron chi connectivity index (χ0n) is 11.8. The summed E-state index contributed by atoms with van der Waals surface area (Å²) < 4.78 is 30.3. The Labute approximate surface area is 125 Å². The van der Waals surface area contributed by atoms with E-state index in [1.165, 1.54) is 4.31 Å². The summed E-state index contributed by atoms with van der Waals surface area (Å²) in [5.41, 5.74) is 0. The molecule has 1 fully saturated rings. The van der Waals surface area contributed by atoms with E-state index >= 15 is 0 Å². The van der Waals surface area contributed by atoms with Crippen LogP contribution in [0, 0.1) is 0 Å². The highest BCUT2D eigenvalue weighted by atomic mass is 32.2. The number of rotatable bonds is 6. The van der Waals surface area contributed by atoms with Crippen molar-refractivity contribution < 1.29 is 17.9 Å². The van der Waals surface area contributed by atoms with Crippen LogP contribution in [0.4, 0.5) is 0 Å². The van der Waals surface area contributed by atoms with E-state index in [2.05, 4.69) is 5.32 Å². The summed E-state index contributed by atoms with van der Waals surface area (Å²) in [6, 6.07) is 9.07. The van der Waals surface area contributed by atoms with Gasteiger partial charge in [-0.1, -0.05) is 18.2 Å². The van der Waals surface area contributed by atoms with Crippen molar-refractivity contribution >= 4 is 15.9 Å². The van der Waals surface area contributed by atoms with Crippen LogP contribution in [0.5, 0.6) is 5.75 Å². The maximum atomic E-state index is 11.8. The van der Waals surface area contributed by atoms with Gasteiger partial charge in [0.05, 0.1) is 5.75 Å². The second-order valence-electron chi connectivity index (χ2n) is 4.87. The summed E-state index contributed by atoms with van der Waals surface area (Å²) in [6.07, 6.45) is 1.60. The van der Waals surface area contributed by atoms with E-state index < -0.39 is 10.0 Å². The highest BCUT2D eigenvalue weighted by Gasteiger charge is 2.25. The molecule has 1 saturated heterocycles. The molecule has 1 amide bonds. The number of nitrogens with one attached hydrogen (secondary N) is 1. The molecule has 0 saturated carbocycles. The Balaban J connectivity index is 1.67. The molecule has 0 aromatic heterocycles. The molecule has 0 spiro atoms. The molecule has 2 rings (SSSR count). The van der Waals surface area contributed by atoms with Gasteiger partial charge in [-0.15, -0.1) is 0 Å². The fraction of sp³-hybridized carbons (Fsp3) is 0.500. The second kappa shape index (κ2) is 7.42. The Hall–Kier alpha value is -1.60. The molecule has 1 N–H and O–H groups in total. The largest absolute Gasteiger partial charge is 0.484 e. The molecule has 21 heavy (non-hydrogen) atoms. The monoisotopic (exact) mass is 312 g/mol. The van der Waals surface area contributed by atoms with Crippen LogP contribution in [-0.4, -0.2) is 50.6 Å². The molecule has 0 radical (unpaired) electrons. The van der Waals surface area contributed by atoms with Gasteiger partial charge in [0.2, 0.25) is 10.0 Å². The number of amides is 1. The topological polar surface area (TPSA) is 75.7 Å².